The second kappa shape index (κ2) is 7.37. The summed E-state index contributed by atoms with van der Waals surface area (Å²) in [4.78, 5) is 11.3. The molecule has 0 amide bonds. The molecule has 0 aliphatic rings. The predicted molar refractivity (Wildman–Crippen MR) is 115 cm³/mol. The Labute approximate surface area is 162 Å². The normalized spacial score (nSPS) is 10.6. The maximum Gasteiger partial charge on any atom is 0.300 e. The van der Waals surface area contributed by atoms with Crippen LogP contribution in [0.15, 0.2) is 97.6 Å². The van der Waals surface area contributed by atoms with Crippen molar-refractivity contribution in [2.45, 2.75) is 0 Å². The number of nitrogens with one attached hydrogen (secondary N) is 1. The zero-order chi connectivity index (χ0) is 19.5. The molecule has 0 fully saturated rings. The molecule has 0 bridgehead atoms. The minimum absolute atomic E-state index is 0.0795. The summed E-state index contributed by atoms with van der Waals surface area (Å²) in [5.41, 5.74) is 4.33. The van der Waals surface area contributed by atoms with E-state index in [1.54, 1.807) is 12.1 Å². The number of hydrogen-bond donors (Lipinski definition) is 1. The molecule has 0 aliphatic carbocycles. The van der Waals surface area contributed by atoms with Gasteiger partial charge in [-0.2, -0.15) is 0 Å². The topological polar surface area (TPSA) is 55.2 Å². The van der Waals surface area contributed by atoms with Crippen LogP contribution in [0.4, 0.5) is 17.1 Å². The first-order valence-electron chi connectivity index (χ1n) is 8.91. The van der Waals surface area contributed by atoms with Gasteiger partial charge in [0.05, 0.1) is 10.3 Å². The van der Waals surface area contributed by atoms with Gasteiger partial charge in [0.2, 0.25) is 0 Å². The van der Waals surface area contributed by atoms with Gasteiger partial charge < -0.3 is 5.32 Å². The van der Waals surface area contributed by atoms with Gasteiger partial charge in [-0.1, -0.05) is 73.3 Å². The average Bonchev–Trinajstić information content (AvgIpc) is 2.74. The van der Waals surface area contributed by atoms with Gasteiger partial charge in [0, 0.05) is 5.69 Å². The fourth-order valence-electron chi connectivity index (χ4n) is 3.27. The van der Waals surface area contributed by atoms with Crippen molar-refractivity contribution in [3.05, 3.63) is 119 Å². The Balaban J connectivity index is 1.64. The summed E-state index contributed by atoms with van der Waals surface area (Å²) in [7, 11) is 0. The molecule has 0 saturated heterocycles. The highest BCUT2D eigenvalue weighted by molar-refractivity contribution is 5.97. The quantitative estimate of drug-likeness (QED) is 0.322. The van der Waals surface area contributed by atoms with Gasteiger partial charge >= 0.3 is 0 Å². The Kier molecular flexibility index (Phi) is 4.60. The van der Waals surface area contributed by atoms with E-state index in [0.29, 0.717) is 11.1 Å². The Morgan fingerprint density at radius 2 is 1.43 bits per heavy atom. The van der Waals surface area contributed by atoms with Crippen molar-refractivity contribution in [3.8, 4) is 0 Å². The first-order valence-corrected chi connectivity index (χ1v) is 8.91. The smallest absolute Gasteiger partial charge is 0.300 e. The molecule has 4 aromatic carbocycles. The number of nitrogens with zero attached hydrogens (tertiary/aromatic N) is 1. The molecule has 0 saturated carbocycles. The highest BCUT2D eigenvalue weighted by Crippen LogP contribution is 2.35. The maximum absolute atomic E-state index is 11.7. The molecule has 136 valence electrons. The minimum Gasteiger partial charge on any atom is -0.350 e. The van der Waals surface area contributed by atoms with Gasteiger partial charge in [0.25, 0.3) is 5.69 Å². The highest BCUT2D eigenvalue weighted by Gasteiger charge is 2.18. The fourth-order valence-corrected chi connectivity index (χ4v) is 3.27. The Bertz CT molecular complexity index is 1170. The van der Waals surface area contributed by atoms with Crippen molar-refractivity contribution in [2.75, 3.05) is 5.32 Å². The summed E-state index contributed by atoms with van der Waals surface area (Å²) in [5, 5.41) is 16.3. The molecule has 0 heterocycles. The lowest BCUT2D eigenvalue weighted by Gasteiger charge is -2.11. The van der Waals surface area contributed by atoms with Gasteiger partial charge in [0.15, 0.2) is 0 Å². The summed E-state index contributed by atoms with van der Waals surface area (Å²) >= 11 is 0. The second-order valence-electron chi connectivity index (χ2n) is 6.49. The summed E-state index contributed by atoms with van der Waals surface area (Å²) in [6, 6.07) is 28.7. The van der Waals surface area contributed by atoms with Gasteiger partial charge in [-0.15, -0.1) is 0 Å². The molecular weight excluding hydrogens is 348 g/mol. The third kappa shape index (κ3) is 3.35. The molecule has 4 heteroatoms. The SMILES string of the molecule is C=C(c1ccccc1)c1ccc(Nc2ccc3ccccc3c2[N+](=O)[O-])cc1. The van der Waals surface area contributed by atoms with E-state index < -0.39 is 0 Å². The molecule has 0 aromatic heterocycles. The van der Waals surface area contributed by atoms with Crippen molar-refractivity contribution in [1.29, 1.82) is 0 Å². The van der Waals surface area contributed by atoms with Crippen LogP contribution in [0.1, 0.15) is 11.1 Å². The van der Waals surface area contributed by atoms with E-state index in [4.69, 9.17) is 0 Å². The van der Waals surface area contributed by atoms with Crippen molar-refractivity contribution in [2.24, 2.45) is 0 Å². The third-order valence-corrected chi connectivity index (χ3v) is 4.72. The lowest BCUT2D eigenvalue weighted by molar-refractivity contribution is -0.382. The van der Waals surface area contributed by atoms with Crippen molar-refractivity contribution >= 4 is 33.4 Å². The number of hydrogen-bond acceptors (Lipinski definition) is 3. The molecule has 4 nitrogen and oxygen atoms in total. The zero-order valence-corrected chi connectivity index (χ0v) is 15.1. The number of benzene rings is 4. The molecular formula is C24H18N2O2. The summed E-state index contributed by atoms with van der Waals surface area (Å²) in [6.07, 6.45) is 0. The molecule has 4 rings (SSSR count). The number of nitro benzene ring substituents is 1. The number of rotatable bonds is 5. The van der Waals surface area contributed by atoms with E-state index in [1.807, 2.05) is 78.9 Å². The van der Waals surface area contributed by atoms with E-state index in [0.717, 1.165) is 27.8 Å². The standard InChI is InChI=1S/C24H18N2O2/c1-17(18-7-3-2-4-8-18)19-11-14-21(15-12-19)25-23-16-13-20-9-5-6-10-22(20)24(23)26(27)28/h2-16,25H,1H2. The molecule has 0 spiro atoms. The molecule has 0 unspecified atom stereocenters. The Morgan fingerprint density at radius 1 is 0.786 bits per heavy atom. The number of nitro groups is 1. The summed E-state index contributed by atoms with van der Waals surface area (Å²) < 4.78 is 0. The van der Waals surface area contributed by atoms with Crippen molar-refractivity contribution in [1.82, 2.24) is 0 Å². The molecule has 4 aromatic rings. The largest absolute Gasteiger partial charge is 0.350 e. The van der Waals surface area contributed by atoms with Crippen molar-refractivity contribution in [3.63, 3.8) is 0 Å². The zero-order valence-electron chi connectivity index (χ0n) is 15.1. The first-order chi connectivity index (χ1) is 13.6. The molecule has 1 N–H and O–H groups in total. The van der Waals surface area contributed by atoms with Gasteiger partial charge in [-0.05, 0) is 46.4 Å². The van der Waals surface area contributed by atoms with Crippen LogP contribution in [-0.4, -0.2) is 4.92 Å². The molecule has 0 radical (unpaired) electrons. The minimum atomic E-state index is -0.337. The van der Waals surface area contributed by atoms with Crippen LogP contribution in [0.2, 0.25) is 0 Å². The van der Waals surface area contributed by atoms with Crippen LogP contribution >= 0.6 is 0 Å². The van der Waals surface area contributed by atoms with E-state index in [1.165, 1.54) is 0 Å². The first kappa shape index (κ1) is 17.5. The van der Waals surface area contributed by atoms with E-state index in [-0.39, 0.29) is 10.6 Å². The van der Waals surface area contributed by atoms with E-state index in [2.05, 4.69) is 11.9 Å². The lowest BCUT2D eigenvalue weighted by atomic mass is 9.99. The van der Waals surface area contributed by atoms with Gasteiger partial charge in [-0.25, -0.2) is 0 Å². The molecule has 0 atom stereocenters. The van der Waals surface area contributed by atoms with Gasteiger partial charge in [-0.3, -0.25) is 10.1 Å². The number of anilines is 2. The summed E-state index contributed by atoms with van der Waals surface area (Å²) in [5.74, 6) is 0. The van der Waals surface area contributed by atoms with Crippen LogP contribution in [0, 0.1) is 10.1 Å². The summed E-state index contributed by atoms with van der Waals surface area (Å²) in [6.45, 7) is 4.17. The van der Waals surface area contributed by atoms with E-state index in [9.17, 15) is 10.1 Å². The highest BCUT2D eigenvalue weighted by atomic mass is 16.6. The lowest BCUT2D eigenvalue weighted by Crippen LogP contribution is -1.98. The van der Waals surface area contributed by atoms with Crippen LogP contribution in [0.3, 0.4) is 0 Å². The van der Waals surface area contributed by atoms with Crippen LogP contribution < -0.4 is 5.32 Å². The monoisotopic (exact) mass is 366 g/mol. The predicted octanol–water partition coefficient (Wildman–Crippen LogP) is 6.55. The van der Waals surface area contributed by atoms with E-state index >= 15 is 0 Å². The van der Waals surface area contributed by atoms with Crippen LogP contribution in [0.5, 0.6) is 0 Å². The third-order valence-electron chi connectivity index (χ3n) is 4.72. The molecule has 0 aliphatic heterocycles. The average molecular weight is 366 g/mol. The Hall–Kier alpha value is -3.92. The fraction of sp³-hybridized carbons (Fsp3) is 0. The molecule has 28 heavy (non-hydrogen) atoms. The van der Waals surface area contributed by atoms with Crippen LogP contribution in [0.25, 0.3) is 16.3 Å². The second-order valence-corrected chi connectivity index (χ2v) is 6.49. The Morgan fingerprint density at radius 3 is 2.14 bits per heavy atom. The van der Waals surface area contributed by atoms with Gasteiger partial charge in [0.1, 0.15) is 5.69 Å². The maximum atomic E-state index is 11.7. The van der Waals surface area contributed by atoms with Crippen molar-refractivity contribution < 1.29 is 4.92 Å². The number of fused-ring (bicyclic) bond motifs is 1. The van der Waals surface area contributed by atoms with Crippen LogP contribution in [-0.2, 0) is 0 Å².